The number of rotatable bonds is 4. The smallest absolute Gasteiger partial charge is 0.335 e. The van der Waals surface area contributed by atoms with Gasteiger partial charge in [-0.15, -0.1) is 0 Å². The molecule has 0 heterocycles. The summed E-state index contributed by atoms with van der Waals surface area (Å²) >= 11 is 6.08. The van der Waals surface area contributed by atoms with Gasteiger partial charge in [0.05, 0.1) is 5.56 Å². The summed E-state index contributed by atoms with van der Waals surface area (Å²) in [7, 11) is 0. The molecule has 0 aliphatic heterocycles. The maximum absolute atomic E-state index is 11.1. The van der Waals surface area contributed by atoms with Crippen LogP contribution in [0, 0.1) is 0 Å². The molecule has 2 aromatic carbocycles. The molecule has 0 aromatic heterocycles. The van der Waals surface area contributed by atoms with E-state index in [-0.39, 0.29) is 0 Å². The Bertz CT molecular complexity index is 564. The fourth-order valence-electron chi connectivity index (χ4n) is 1.92. The van der Waals surface area contributed by atoms with Gasteiger partial charge in [-0.25, -0.2) is 4.79 Å². The van der Waals surface area contributed by atoms with Gasteiger partial charge in [0.25, 0.3) is 0 Å². The largest absolute Gasteiger partial charge is 0.478 e. The molecule has 0 fully saturated rings. The number of aromatic carboxylic acids is 1. The summed E-state index contributed by atoms with van der Waals surface area (Å²) in [4.78, 5) is 11.1. The molecule has 0 aliphatic carbocycles. The van der Waals surface area contributed by atoms with Gasteiger partial charge in [0.15, 0.2) is 0 Å². The summed E-state index contributed by atoms with van der Waals surface area (Å²) in [6.07, 6.45) is 1.41. The molecule has 0 saturated carbocycles. The van der Waals surface area contributed by atoms with Crippen LogP contribution < -0.4 is 0 Å². The van der Waals surface area contributed by atoms with Gasteiger partial charge in [-0.2, -0.15) is 0 Å². The predicted molar refractivity (Wildman–Crippen MR) is 72.3 cm³/mol. The number of aryl methyl sites for hydroxylation is 2. The van der Waals surface area contributed by atoms with E-state index in [1.165, 1.54) is 0 Å². The van der Waals surface area contributed by atoms with Crippen LogP contribution in [0.2, 0.25) is 5.02 Å². The second-order valence-corrected chi connectivity index (χ2v) is 4.46. The molecule has 3 heteroatoms. The van der Waals surface area contributed by atoms with Gasteiger partial charge in [0.1, 0.15) is 0 Å². The van der Waals surface area contributed by atoms with Crippen LogP contribution in [-0.2, 0) is 12.8 Å². The van der Waals surface area contributed by atoms with Crippen molar-refractivity contribution in [3.8, 4) is 0 Å². The average Bonchev–Trinajstić information content (AvgIpc) is 2.38. The molecular weight excluding hydrogens is 248 g/mol. The van der Waals surface area contributed by atoms with Gasteiger partial charge in [0, 0.05) is 5.02 Å². The lowest BCUT2D eigenvalue weighted by molar-refractivity contribution is 0.0695. The molecule has 0 saturated heterocycles. The second kappa shape index (κ2) is 5.69. The van der Waals surface area contributed by atoms with Crippen molar-refractivity contribution in [2.24, 2.45) is 0 Å². The molecule has 2 nitrogen and oxygen atoms in total. The van der Waals surface area contributed by atoms with E-state index in [4.69, 9.17) is 16.7 Å². The molecule has 0 unspecified atom stereocenters. The predicted octanol–water partition coefficient (Wildman–Crippen LogP) is 3.82. The lowest BCUT2D eigenvalue weighted by Gasteiger charge is -2.07. The fraction of sp³-hybridized carbons (Fsp3) is 0.133. The van der Waals surface area contributed by atoms with Crippen LogP contribution in [0.1, 0.15) is 21.5 Å². The molecule has 92 valence electrons. The first-order valence-electron chi connectivity index (χ1n) is 5.73. The quantitative estimate of drug-likeness (QED) is 0.907. The highest BCUT2D eigenvalue weighted by Crippen LogP contribution is 2.18. The van der Waals surface area contributed by atoms with Crippen molar-refractivity contribution in [3.63, 3.8) is 0 Å². The first kappa shape index (κ1) is 12.7. The number of benzene rings is 2. The molecule has 1 N–H and O–H groups in total. The first-order chi connectivity index (χ1) is 8.68. The number of hydrogen-bond donors (Lipinski definition) is 1. The van der Waals surface area contributed by atoms with Crippen molar-refractivity contribution in [2.45, 2.75) is 12.8 Å². The van der Waals surface area contributed by atoms with Crippen LogP contribution in [0.3, 0.4) is 0 Å². The molecule has 2 aromatic rings. The van der Waals surface area contributed by atoms with Crippen LogP contribution >= 0.6 is 11.6 Å². The van der Waals surface area contributed by atoms with Crippen molar-refractivity contribution in [1.29, 1.82) is 0 Å². The van der Waals surface area contributed by atoms with Crippen molar-refractivity contribution in [3.05, 3.63) is 70.2 Å². The zero-order valence-electron chi connectivity index (χ0n) is 9.77. The minimum absolute atomic E-state index is 0.365. The maximum Gasteiger partial charge on any atom is 0.335 e. The molecule has 18 heavy (non-hydrogen) atoms. The Morgan fingerprint density at radius 1 is 0.944 bits per heavy atom. The Labute approximate surface area is 111 Å². The van der Waals surface area contributed by atoms with E-state index >= 15 is 0 Å². The monoisotopic (exact) mass is 260 g/mol. The molecule has 0 bridgehead atoms. The van der Waals surface area contributed by atoms with E-state index in [2.05, 4.69) is 0 Å². The number of carbonyl (C=O) groups is 1. The molecule has 2 rings (SSSR count). The van der Waals surface area contributed by atoms with Gasteiger partial charge in [-0.05, 0) is 36.1 Å². The van der Waals surface area contributed by atoms with Crippen LogP contribution in [0.4, 0.5) is 0 Å². The average molecular weight is 261 g/mol. The van der Waals surface area contributed by atoms with E-state index in [0.29, 0.717) is 12.0 Å². The van der Waals surface area contributed by atoms with Crippen LogP contribution in [0.5, 0.6) is 0 Å². The Balaban J connectivity index is 2.16. The standard InChI is InChI=1S/C15H13ClO2/c16-14-8-4-2-6-12(14)10-9-11-5-1-3-7-13(11)15(17)18/h1-8H,9-10H2,(H,17,18). The molecule has 0 spiro atoms. The minimum Gasteiger partial charge on any atom is -0.478 e. The summed E-state index contributed by atoms with van der Waals surface area (Å²) < 4.78 is 0. The zero-order chi connectivity index (χ0) is 13.0. The number of carboxylic acids is 1. The Morgan fingerprint density at radius 3 is 2.17 bits per heavy atom. The summed E-state index contributed by atoms with van der Waals surface area (Å²) in [6, 6.07) is 14.7. The zero-order valence-corrected chi connectivity index (χ0v) is 10.5. The molecule has 0 amide bonds. The summed E-state index contributed by atoms with van der Waals surface area (Å²) in [5, 5.41) is 9.82. The lowest BCUT2D eigenvalue weighted by atomic mass is 10.00. The highest BCUT2D eigenvalue weighted by Gasteiger charge is 2.09. The van der Waals surface area contributed by atoms with Gasteiger partial charge < -0.3 is 5.11 Å². The van der Waals surface area contributed by atoms with E-state index in [0.717, 1.165) is 22.6 Å². The van der Waals surface area contributed by atoms with Gasteiger partial charge in [0.2, 0.25) is 0 Å². The minimum atomic E-state index is -0.884. The highest BCUT2D eigenvalue weighted by molar-refractivity contribution is 6.31. The van der Waals surface area contributed by atoms with Crippen LogP contribution in [0.25, 0.3) is 0 Å². The highest BCUT2D eigenvalue weighted by atomic mass is 35.5. The Hall–Kier alpha value is -1.80. The van der Waals surface area contributed by atoms with Crippen LogP contribution in [0.15, 0.2) is 48.5 Å². The molecular formula is C15H13ClO2. The summed E-state index contributed by atoms with van der Waals surface area (Å²) in [5.41, 5.74) is 2.24. The van der Waals surface area contributed by atoms with Crippen molar-refractivity contribution in [1.82, 2.24) is 0 Å². The SMILES string of the molecule is O=C(O)c1ccccc1CCc1ccccc1Cl. The Morgan fingerprint density at radius 2 is 1.50 bits per heavy atom. The molecule has 0 atom stereocenters. The third-order valence-electron chi connectivity index (χ3n) is 2.87. The van der Waals surface area contributed by atoms with E-state index < -0.39 is 5.97 Å². The van der Waals surface area contributed by atoms with Crippen molar-refractivity contribution >= 4 is 17.6 Å². The molecule has 0 radical (unpaired) electrons. The van der Waals surface area contributed by atoms with Crippen molar-refractivity contribution in [2.75, 3.05) is 0 Å². The van der Waals surface area contributed by atoms with E-state index in [9.17, 15) is 4.79 Å². The topological polar surface area (TPSA) is 37.3 Å². The van der Waals surface area contributed by atoms with E-state index in [1.807, 2.05) is 36.4 Å². The fourth-order valence-corrected chi connectivity index (χ4v) is 2.15. The molecule has 0 aliphatic rings. The van der Waals surface area contributed by atoms with Gasteiger partial charge in [-0.1, -0.05) is 48.0 Å². The third kappa shape index (κ3) is 2.90. The van der Waals surface area contributed by atoms with Gasteiger partial charge in [-0.3, -0.25) is 0 Å². The maximum atomic E-state index is 11.1. The van der Waals surface area contributed by atoms with Crippen LogP contribution in [-0.4, -0.2) is 11.1 Å². The van der Waals surface area contributed by atoms with E-state index in [1.54, 1.807) is 12.1 Å². The third-order valence-corrected chi connectivity index (χ3v) is 3.24. The van der Waals surface area contributed by atoms with Crippen molar-refractivity contribution < 1.29 is 9.90 Å². The second-order valence-electron chi connectivity index (χ2n) is 4.05. The first-order valence-corrected chi connectivity index (χ1v) is 6.11. The number of carboxylic acid groups (broad SMARTS) is 1. The number of hydrogen-bond acceptors (Lipinski definition) is 1. The lowest BCUT2D eigenvalue weighted by Crippen LogP contribution is -2.03. The summed E-state index contributed by atoms with van der Waals surface area (Å²) in [6.45, 7) is 0. The number of halogens is 1. The normalized spacial score (nSPS) is 10.3. The Kier molecular flexibility index (Phi) is 4.00. The van der Waals surface area contributed by atoms with Gasteiger partial charge >= 0.3 is 5.97 Å². The summed E-state index contributed by atoms with van der Waals surface area (Å²) in [5.74, 6) is -0.884.